The molecule has 0 amide bonds. The second-order valence-corrected chi connectivity index (χ2v) is 26.7. The number of allylic oxidation sites excluding steroid dienone is 4. The molecule has 0 aromatic heterocycles. The number of nitrogens with zero attached hydrogens (tertiary/aromatic N) is 1. The molecule has 80 heavy (non-hydrogen) atoms. The molecule has 2 unspecified atom stereocenters. The molecule has 2 atom stereocenters. The average molecular weight is 1150 g/mol. The van der Waals surface area contributed by atoms with Gasteiger partial charge in [-0.1, -0.05) is 308 Å². The van der Waals surface area contributed by atoms with Gasteiger partial charge in [-0.2, -0.15) is 0 Å². The van der Waals surface area contributed by atoms with E-state index >= 15 is 0 Å². The summed E-state index contributed by atoms with van der Waals surface area (Å²) < 4.78 is 34.2. The summed E-state index contributed by atoms with van der Waals surface area (Å²) >= 11 is 0. The lowest BCUT2D eigenvalue weighted by atomic mass is 10.0. The second-order valence-electron chi connectivity index (χ2n) is 25.2. The maximum absolute atomic E-state index is 12.8. The number of likely N-dealkylation sites (N-methyl/N-ethyl adjacent to an activating group) is 1. The van der Waals surface area contributed by atoms with Crippen LogP contribution in [0.5, 0.6) is 0 Å². The smallest absolute Gasteiger partial charge is 0.306 e. The van der Waals surface area contributed by atoms with Gasteiger partial charge in [0.1, 0.15) is 19.8 Å². The van der Waals surface area contributed by atoms with Crippen LogP contribution < -0.4 is 4.89 Å². The molecule has 0 saturated carbocycles. The number of carbonyl (C=O) groups is 2. The number of hydrogen-bond acceptors (Lipinski definition) is 8. The molecule has 0 saturated heterocycles. The van der Waals surface area contributed by atoms with Crippen molar-refractivity contribution in [3.05, 3.63) is 24.3 Å². The minimum Gasteiger partial charge on any atom is -0.756 e. The van der Waals surface area contributed by atoms with Crippen molar-refractivity contribution in [2.45, 2.75) is 367 Å². The third-order valence-electron chi connectivity index (χ3n) is 15.9. The normalized spacial score (nSPS) is 13.2. The SMILES string of the molecule is CCCCCCCC/C=C\CCCCCCCC(=O)OCC(COP(=O)([O-])OCC[N+](C)(C)C)OC(=O)CCCCCCCCCCCCCCCCCCCCCCCCCCCCCCC/C=C\CCCCCCCCCC. The predicted octanol–water partition coefficient (Wildman–Crippen LogP) is 21.9. The molecule has 0 fully saturated rings. The zero-order valence-corrected chi connectivity index (χ0v) is 55.0. The number of phosphoric acid groups is 1. The Hall–Kier alpha value is -1.51. The van der Waals surface area contributed by atoms with Crippen molar-refractivity contribution in [1.29, 1.82) is 0 Å². The molecule has 0 heterocycles. The third-order valence-corrected chi connectivity index (χ3v) is 16.9. The van der Waals surface area contributed by atoms with Crippen LogP contribution >= 0.6 is 7.82 Å². The van der Waals surface area contributed by atoms with Crippen LogP contribution in [0.1, 0.15) is 361 Å². The molecule has 0 radical (unpaired) electrons. The highest BCUT2D eigenvalue weighted by Gasteiger charge is 2.22. The number of quaternary nitrogens is 1. The summed E-state index contributed by atoms with van der Waals surface area (Å²) in [6.45, 7) is 4.28. The Bertz CT molecular complexity index is 1400. The van der Waals surface area contributed by atoms with Crippen molar-refractivity contribution in [2.75, 3.05) is 47.5 Å². The topological polar surface area (TPSA) is 111 Å². The van der Waals surface area contributed by atoms with Crippen molar-refractivity contribution in [1.82, 2.24) is 0 Å². The van der Waals surface area contributed by atoms with Crippen molar-refractivity contribution < 1.29 is 42.1 Å². The van der Waals surface area contributed by atoms with Crippen LogP contribution in [-0.4, -0.2) is 70.0 Å². The zero-order valence-electron chi connectivity index (χ0n) is 54.1. The van der Waals surface area contributed by atoms with Crippen LogP contribution in [0.2, 0.25) is 0 Å². The fourth-order valence-electron chi connectivity index (χ4n) is 10.5. The van der Waals surface area contributed by atoms with Crippen LogP contribution in [0.15, 0.2) is 24.3 Å². The summed E-state index contributed by atoms with van der Waals surface area (Å²) in [7, 11) is 1.18. The van der Waals surface area contributed by atoms with Crippen LogP contribution in [-0.2, 0) is 32.7 Å². The van der Waals surface area contributed by atoms with Gasteiger partial charge in [-0.15, -0.1) is 0 Å². The maximum Gasteiger partial charge on any atom is 0.306 e. The average Bonchev–Trinajstić information content (AvgIpc) is 3.42. The van der Waals surface area contributed by atoms with E-state index in [0.717, 1.165) is 51.4 Å². The lowest BCUT2D eigenvalue weighted by molar-refractivity contribution is -0.870. The Morgan fingerprint density at radius 1 is 0.375 bits per heavy atom. The summed E-state index contributed by atoms with van der Waals surface area (Å²) in [5.41, 5.74) is 0. The largest absolute Gasteiger partial charge is 0.756 e. The Kier molecular flexibility index (Phi) is 60.9. The van der Waals surface area contributed by atoms with E-state index in [1.807, 2.05) is 21.1 Å². The van der Waals surface area contributed by atoms with Crippen molar-refractivity contribution in [2.24, 2.45) is 0 Å². The van der Waals surface area contributed by atoms with Crippen molar-refractivity contribution in [3.8, 4) is 0 Å². The summed E-state index contributed by atoms with van der Waals surface area (Å²) in [4.78, 5) is 37.9. The lowest BCUT2D eigenvalue weighted by Crippen LogP contribution is -2.37. The molecular formula is C70H136NO8P. The number of ether oxygens (including phenoxy) is 2. The molecule has 0 aromatic rings. The summed E-state index contributed by atoms with van der Waals surface area (Å²) in [6, 6.07) is 0. The molecular weight excluding hydrogens is 1010 g/mol. The first-order chi connectivity index (χ1) is 39.0. The number of phosphoric ester groups is 1. The lowest BCUT2D eigenvalue weighted by Gasteiger charge is -2.28. The van der Waals surface area contributed by atoms with Crippen LogP contribution in [0, 0.1) is 0 Å². The Labute approximate surface area is 498 Å². The first-order valence-corrected chi connectivity index (χ1v) is 36.5. The minimum absolute atomic E-state index is 0.0289. The van der Waals surface area contributed by atoms with Crippen molar-refractivity contribution >= 4 is 19.8 Å². The van der Waals surface area contributed by atoms with E-state index in [9.17, 15) is 19.0 Å². The molecule has 0 bridgehead atoms. The van der Waals surface area contributed by atoms with Gasteiger partial charge < -0.3 is 27.9 Å². The fraction of sp³-hybridized carbons (Fsp3) is 0.914. The molecule has 0 aliphatic rings. The van der Waals surface area contributed by atoms with Gasteiger partial charge in [0.2, 0.25) is 0 Å². The first-order valence-electron chi connectivity index (χ1n) is 35.0. The highest BCUT2D eigenvalue weighted by molar-refractivity contribution is 7.45. The number of carbonyl (C=O) groups excluding carboxylic acids is 2. The molecule has 0 aromatic carbocycles. The molecule has 0 aliphatic carbocycles. The predicted molar refractivity (Wildman–Crippen MR) is 342 cm³/mol. The monoisotopic (exact) mass is 1150 g/mol. The van der Waals surface area contributed by atoms with E-state index in [2.05, 4.69) is 38.2 Å². The maximum atomic E-state index is 12.8. The number of esters is 2. The molecule has 0 N–H and O–H groups in total. The summed E-state index contributed by atoms with van der Waals surface area (Å²) in [5, 5.41) is 0. The van der Waals surface area contributed by atoms with E-state index in [1.165, 1.54) is 276 Å². The number of hydrogen-bond donors (Lipinski definition) is 0. The van der Waals surface area contributed by atoms with Crippen molar-refractivity contribution in [3.63, 3.8) is 0 Å². The molecule has 0 aliphatic heterocycles. The molecule has 0 rings (SSSR count). The van der Waals surface area contributed by atoms with Gasteiger partial charge in [-0.3, -0.25) is 14.2 Å². The van der Waals surface area contributed by atoms with Gasteiger partial charge in [0.25, 0.3) is 7.82 Å². The van der Waals surface area contributed by atoms with Gasteiger partial charge in [0.05, 0.1) is 27.7 Å². The second kappa shape index (κ2) is 62.0. The van der Waals surface area contributed by atoms with E-state index in [0.29, 0.717) is 17.4 Å². The van der Waals surface area contributed by atoms with Crippen LogP contribution in [0.3, 0.4) is 0 Å². The standard InChI is InChI=1S/C70H136NO8P/c1-6-8-10-12-14-16-18-20-22-23-24-25-26-27-28-29-30-31-32-33-34-35-36-37-38-39-40-41-42-43-44-45-46-47-49-51-53-55-57-59-61-63-70(73)79-68(67-78-80(74,75)77-65-64-71(3,4)5)66-76-69(72)62-60-58-56-54-52-50-48-21-19-17-15-13-11-9-7-2/h21,23-24,48,68H,6-20,22,25-47,49-67H2,1-5H3/b24-23-,48-21-. The van der Waals surface area contributed by atoms with Crippen LogP contribution in [0.4, 0.5) is 0 Å². The summed E-state index contributed by atoms with van der Waals surface area (Å²) in [5.74, 6) is -0.825. The molecule has 10 heteroatoms. The Morgan fingerprint density at radius 3 is 0.925 bits per heavy atom. The molecule has 9 nitrogen and oxygen atoms in total. The number of unbranched alkanes of at least 4 members (excludes halogenated alkanes) is 48. The van der Waals surface area contributed by atoms with E-state index in [-0.39, 0.29) is 32.0 Å². The Balaban J connectivity index is 3.83. The zero-order chi connectivity index (χ0) is 58.4. The highest BCUT2D eigenvalue weighted by atomic mass is 31.2. The molecule has 0 spiro atoms. The third kappa shape index (κ3) is 65.6. The van der Waals surface area contributed by atoms with Gasteiger partial charge in [-0.25, -0.2) is 0 Å². The van der Waals surface area contributed by atoms with Gasteiger partial charge in [-0.05, 0) is 64.2 Å². The van der Waals surface area contributed by atoms with Crippen LogP contribution in [0.25, 0.3) is 0 Å². The van der Waals surface area contributed by atoms with E-state index in [4.69, 9.17) is 18.5 Å². The highest BCUT2D eigenvalue weighted by Crippen LogP contribution is 2.38. The van der Waals surface area contributed by atoms with E-state index in [1.54, 1.807) is 0 Å². The van der Waals surface area contributed by atoms with Gasteiger partial charge in [0, 0.05) is 12.8 Å². The molecule has 474 valence electrons. The van der Waals surface area contributed by atoms with Gasteiger partial charge >= 0.3 is 11.9 Å². The van der Waals surface area contributed by atoms with E-state index < -0.39 is 26.5 Å². The first kappa shape index (κ1) is 78.5. The fourth-order valence-corrected chi connectivity index (χ4v) is 11.3. The summed E-state index contributed by atoms with van der Waals surface area (Å²) in [6.07, 6.45) is 77.2. The Morgan fingerprint density at radius 2 is 0.637 bits per heavy atom. The quantitative estimate of drug-likeness (QED) is 0.0195. The minimum atomic E-state index is -4.63. The number of rotatable bonds is 66. The van der Waals surface area contributed by atoms with Gasteiger partial charge in [0.15, 0.2) is 6.10 Å².